The van der Waals surface area contributed by atoms with Gasteiger partial charge in [-0.05, 0) is 31.9 Å². The third kappa shape index (κ3) is 3.50. The van der Waals surface area contributed by atoms with Crippen LogP contribution in [-0.4, -0.2) is 34.0 Å². The van der Waals surface area contributed by atoms with E-state index in [4.69, 9.17) is 0 Å². The number of carbonyl (C=O) groups excluding carboxylic acids is 2. The van der Waals surface area contributed by atoms with Gasteiger partial charge in [0.15, 0.2) is 5.69 Å². The number of aryl methyl sites for hydroxylation is 1. The van der Waals surface area contributed by atoms with Crippen LogP contribution in [0.2, 0.25) is 0 Å². The van der Waals surface area contributed by atoms with Crippen molar-refractivity contribution in [2.45, 2.75) is 32.1 Å². The van der Waals surface area contributed by atoms with Crippen molar-refractivity contribution in [1.82, 2.24) is 21.0 Å². The number of fused-ring (bicyclic) bond motifs is 1. The highest BCUT2D eigenvalue weighted by atomic mass is 32.2. The first-order chi connectivity index (χ1) is 9.22. The van der Waals surface area contributed by atoms with Crippen LogP contribution in [0, 0.1) is 0 Å². The first-order valence-corrected chi connectivity index (χ1v) is 7.76. The van der Waals surface area contributed by atoms with Gasteiger partial charge in [-0.15, -0.1) is 0 Å². The summed E-state index contributed by atoms with van der Waals surface area (Å²) in [5, 5.41) is 6.95. The van der Waals surface area contributed by atoms with E-state index in [0.29, 0.717) is 12.1 Å². The summed E-state index contributed by atoms with van der Waals surface area (Å²) < 4.78 is 0. The second-order valence-electron chi connectivity index (χ2n) is 4.48. The second kappa shape index (κ2) is 6.60. The van der Waals surface area contributed by atoms with Crippen LogP contribution in [0.4, 0.5) is 0 Å². The average molecular weight is 282 g/mol. The van der Waals surface area contributed by atoms with Crippen molar-refractivity contribution in [3.8, 4) is 0 Å². The predicted octanol–water partition coefficient (Wildman–Crippen LogP) is 0.803. The molecule has 0 spiro atoms. The Morgan fingerprint density at radius 3 is 2.89 bits per heavy atom. The van der Waals surface area contributed by atoms with Crippen molar-refractivity contribution in [1.29, 1.82) is 0 Å². The zero-order valence-electron chi connectivity index (χ0n) is 10.9. The van der Waals surface area contributed by atoms with Crippen molar-refractivity contribution in [2.24, 2.45) is 0 Å². The molecule has 0 atom stereocenters. The summed E-state index contributed by atoms with van der Waals surface area (Å²) in [7, 11) is 0. The monoisotopic (exact) mass is 282 g/mol. The van der Waals surface area contributed by atoms with Crippen LogP contribution in [0.25, 0.3) is 0 Å². The van der Waals surface area contributed by atoms with Gasteiger partial charge in [-0.1, -0.05) is 0 Å². The lowest BCUT2D eigenvalue weighted by Crippen LogP contribution is -2.42. The molecule has 1 aromatic rings. The summed E-state index contributed by atoms with van der Waals surface area (Å²) in [4.78, 5) is 23.3. The number of hydrogen-bond donors (Lipinski definition) is 3. The lowest BCUT2D eigenvalue weighted by molar-refractivity contribution is -0.121. The van der Waals surface area contributed by atoms with E-state index in [1.54, 1.807) is 11.8 Å². The van der Waals surface area contributed by atoms with Crippen molar-refractivity contribution < 1.29 is 9.59 Å². The molecule has 1 aromatic heterocycles. The zero-order chi connectivity index (χ0) is 13.7. The van der Waals surface area contributed by atoms with Gasteiger partial charge < -0.3 is 0 Å². The minimum absolute atomic E-state index is 0.188. The SMILES string of the molecule is CSCCC(=O)NNC(=O)c1n[nH]c2c1CCCC2. The number of hydrazine groups is 1. The van der Waals surface area contributed by atoms with Gasteiger partial charge >= 0.3 is 0 Å². The fourth-order valence-corrected chi connectivity index (χ4v) is 2.50. The molecule has 2 amide bonds. The molecule has 0 radical (unpaired) electrons. The number of nitrogens with one attached hydrogen (secondary N) is 3. The summed E-state index contributed by atoms with van der Waals surface area (Å²) in [6.07, 6.45) is 6.33. The van der Waals surface area contributed by atoms with Crippen LogP contribution in [0.1, 0.15) is 41.0 Å². The second-order valence-corrected chi connectivity index (χ2v) is 5.47. The number of hydrogen-bond acceptors (Lipinski definition) is 4. The van der Waals surface area contributed by atoms with Crippen molar-refractivity contribution in [3.05, 3.63) is 17.0 Å². The lowest BCUT2D eigenvalue weighted by atomic mass is 9.96. The Morgan fingerprint density at radius 1 is 1.32 bits per heavy atom. The van der Waals surface area contributed by atoms with Crippen LogP contribution >= 0.6 is 11.8 Å². The number of nitrogens with zero attached hydrogens (tertiary/aromatic N) is 1. The maximum atomic E-state index is 11.9. The Kier molecular flexibility index (Phi) is 4.84. The van der Waals surface area contributed by atoms with Crippen molar-refractivity contribution in [2.75, 3.05) is 12.0 Å². The molecule has 0 fully saturated rings. The van der Waals surface area contributed by atoms with Gasteiger partial charge in [-0.25, -0.2) is 0 Å². The first-order valence-electron chi connectivity index (χ1n) is 6.36. The highest BCUT2D eigenvalue weighted by Gasteiger charge is 2.21. The number of thioether (sulfide) groups is 1. The van der Waals surface area contributed by atoms with E-state index in [2.05, 4.69) is 21.0 Å². The van der Waals surface area contributed by atoms with E-state index >= 15 is 0 Å². The Labute approximate surface area is 116 Å². The molecule has 0 unspecified atom stereocenters. The van der Waals surface area contributed by atoms with E-state index in [0.717, 1.165) is 42.7 Å². The van der Waals surface area contributed by atoms with Gasteiger partial charge in [0.1, 0.15) is 0 Å². The molecule has 1 aliphatic carbocycles. The molecule has 0 aliphatic heterocycles. The summed E-state index contributed by atoms with van der Waals surface area (Å²) in [6.45, 7) is 0. The van der Waals surface area contributed by atoms with E-state index in [1.807, 2.05) is 6.26 Å². The van der Waals surface area contributed by atoms with Gasteiger partial charge in [0, 0.05) is 23.4 Å². The van der Waals surface area contributed by atoms with Crippen LogP contribution < -0.4 is 10.9 Å². The summed E-state index contributed by atoms with van der Waals surface area (Å²) in [6, 6.07) is 0. The highest BCUT2D eigenvalue weighted by molar-refractivity contribution is 7.98. The molecule has 3 N–H and O–H groups in total. The normalized spacial score (nSPS) is 13.7. The van der Waals surface area contributed by atoms with E-state index in [-0.39, 0.29) is 11.8 Å². The summed E-state index contributed by atoms with van der Waals surface area (Å²) >= 11 is 1.59. The van der Waals surface area contributed by atoms with Gasteiger partial charge in [0.25, 0.3) is 5.91 Å². The van der Waals surface area contributed by atoms with Gasteiger partial charge in [-0.2, -0.15) is 16.9 Å². The summed E-state index contributed by atoms with van der Waals surface area (Å²) in [5.41, 5.74) is 7.26. The standard InChI is InChI=1S/C12H18N4O2S/c1-19-7-6-10(17)14-16-12(18)11-8-4-2-3-5-9(8)13-15-11/h2-7H2,1H3,(H,13,15)(H,14,17)(H,16,18). The third-order valence-electron chi connectivity index (χ3n) is 3.12. The Hall–Kier alpha value is -1.50. The first kappa shape index (κ1) is 13.9. The smallest absolute Gasteiger partial charge is 0.281 e. The molecule has 0 bridgehead atoms. The molecule has 2 rings (SSSR count). The molecular weight excluding hydrogens is 264 g/mol. The Bertz CT molecular complexity index is 472. The molecule has 1 heterocycles. The lowest BCUT2D eigenvalue weighted by Gasteiger charge is -2.11. The topological polar surface area (TPSA) is 86.9 Å². The van der Waals surface area contributed by atoms with Crippen molar-refractivity contribution >= 4 is 23.6 Å². The maximum Gasteiger partial charge on any atom is 0.290 e. The average Bonchev–Trinajstić information content (AvgIpc) is 2.86. The van der Waals surface area contributed by atoms with E-state index in [9.17, 15) is 9.59 Å². The van der Waals surface area contributed by atoms with Gasteiger partial charge in [0.05, 0.1) is 0 Å². The molecule has 6 nitrogen and oxygen atoms in total. The molecule has 0 aromatic carbocycles. The minimum atomic E-state index is -0.350. The van der Waals surface area contributed by atoms with E-state index in [1.165, 1.54) is 0 Å². The Morgan fingerprint density at radius 2 is 2.11 bits per heavy atom. The van der Waals surface area contributed by atoms with Gasteiger partial charge in [0.2, 0.25) is 5.91 Å². The fourth-order valence-electron chi connectivity index (χ4n) is 2.11. The number of amides is 2. The third-order valence-corrected chi connectivity index (χ3v) is 3.73. The number of H-pyrrole nitrogens is 1. The predicted molar refractivity (Wildman–Crippen MR) is 73.8 cm³/mol. The molecular formula is C12H18N4O2S. The van der Waals surface area contributed by atoms with Crippen LogP contribution in [0.3, 0.4) is 0 Å². The van der Waals surface area contributed by atoms with Crippen molar-refractivity contribution in [3.63, 3.8) is 0 Å². The molecule has 19 heavy (non-hydrogen) atoms. The number of aromatic nitrogens is 2. The zero-order valence-corrected chi connectivity index (χ0v) is 11.7. The molecule has 0 saturated heterocycles. The van der Waals surface area contributed by atoms with E-state index < -0.39 is 0 Å². The van der Waals surface area contributed by atoms with Crippen LogP contribution in [-0.2, 0) is 17.6 Å². The number of rotatable bonds is 4. The fraction of sp³-hybridized carbons (Fsp3) is 0.583. The largest absolute Gasteiger partial charge is 0.290 e. The number of carbonyl (C=O) groups is 2. The quantitative estimate of drug-likeness (QED) is 0.713. The molecule has 7 heteroatoms. The maximum absolute atomic E-state index is 11.9. The molecule has 104 valence electrons. The molecule has 1 aliphatic rings. The van der Waals surface area contributed by atoms with Gasteiger partial charge in [-0.3, -0.25) is 25.5 Å². The van der Waals surface area contributed by atoms with Crippen LogP contribution in [0.5, 0.6) is 0 Å². The minimum Gasteiger partial charge on any atom is -0.281 e. The molecule has 0 saturated carbocycles. The highest BCUT2D eigenvalue weighted by Crippen LogP contribution is 2.21. The summed E-state index contributed by atoms with van der Waals surface area (Å²) in [5.74, 6) is 0.198. The number of aromatic amines is 1. The van der Waals surface area contributed by atoms with Crippen LogP contribution in [0.15, 0.2) is 0 Å². The Balaban J connectivity index is 1.90.